The van der Waals surface area contributed by atoms with E-state index in [1.807, 2.05) is 36.5 Å². The fraction of sp³-hybridized carbons (Fsp3) is 0.333. The minimum absolute atomic E-state index is 0.0589. The van der Waals surface area contributed by atoms with E-state index >= 15 is 0 Å². The summed E-state index contributed by atoms with van der Waals surface area (Å²) in [7, 11) is 0. The first-order valence-corrected chi connectivity index (χ1v) is 6.89. The van der Waals surface area contributed by atoms with Crippen molar-refractivity contribution < 1.29 is 4.79 Å². The van der Waals surface area contributed by atoms with Crippen molar-refractivity contribution >= 4 is 11.6 Å². The lowest BCUT2D eigenvalue weighted by molar-refractivity contribution is 0.0952. The standard InChI is InChI=1S/C15H20N4O/c1-2-8-16-14-7-4-3-6-13(14)15(20)17-10-12-19-11-5-9-18-19/h3-7,9,11,16H,2,8,10,12H2,1H3,(H,17,20). The van der Waals surface area contributed by atoms with Crippen LogP contribution >= 0.6 is 0 Å². The Balaban J connectivity index is 1.91. The van der Waals surface area contributed by atoms with E-state index < -0.39 is 0 Å². The van der Waals surface area contributed by atoms with Gasteiger partial charge in [-0.05, 0) is 24.6 Å². The minimum atomic E-state index is -0.0589. The maximum atomic E-state index is 12.2. The number of anilines is 1. The molecule has 20 heavy (non-hydrogen) atoms. The van der Waals surface area contributed by atoms with Gasteiger partial charge in [-0.3, -0.25) is 9.48 Å². The summed E-state index contributed by atoms with van der Waals surface area (Å²) in [4.78, 5) is 12.2. The van der Waals surface area contributed by atoms with Crippen LogP contribution < -0.4 is 10.6 Å². The van der Waals surface area contributed by atoms with Gasteiger partial charge in [-0.25, -0.2) is 0 Å². The molecule has 0 saturated carbocycles. The van der Waals surface area contributed by atoms with E-state index in [4.69, 9.17) is 0 Å². The summed E-state index contributed by atoms with van der Waals surface area (Å²) in [6.07, 6.45) is 4.63. The zero-order chi connectivity index (χ0) is 14.2. The van der Waals surface area contributed by atoms with Gasteiger partial charge in [-0.2, -0.15) is 5.10 Å². The molecule has 106 valence electrons. The Bertz CT molecular complexity index is 537. The Hall–Kier alpha value is -2.30. The van der Waals surface area contributed by atoms with Crippen molar-refractivity contribution in [3.05, 3.63) is 48.3 Å². The van der Waals surface area contributed by atoms with Crippen LogP contribution in [-0.4, -0.2) is 28.8 Å². The summed E-state index contributed by atoms with van der Waals surface area (Å²) in [5.74, 6) is -0.0589. The summed E-state index contributed by atoms with van der Waals surface area (Å²) >= 11 is 0. The van der Waals surface area contributed by atoms with Crippen LogP contribution in [0.4, 0.5) is 5.69 Å². The molecule has 5 nitrogen and oxygen atoms in total. The summed E-state index contributed by atoms with van der Waals surface area (Å²) in [5, 5.41) is 10.3. The van der Waals surface area contributed by atoms with Crippen LogP contribution in [0.15, 0.2) is 42.7 Å². The molecule has 0 bridgehead atoms. The Kier molecular flexibility index (Phi) is 5.17. The SMILES string of the molecule is CCCNc1ccccc1C(=O)NCCn1cccn1. The van der Waals surface area contributed by atoms with Gasteiger partial charge >= 0.3 is 0 Å². The van der Waals surface area contributed by atoms with Crippen LogP contribution in [0.1, 0.15) is 23.7 Å². The predicted molar refractivity (Wildman–Crippen MR) is 79.8 cm³/mol. The van der Waals surface area contributed by atoms with E-state index in [0.29, 0.717) is 18.7 Å². The molecule has 0 radical (unpaired) electrons. The molecular formula is C15H20N4O. The number of carbonyl (C=O) groups is 1. The second-order valence-electron chi connectivity index (χ2n) is 4.50. The largest absolute Gasteiger partial charge is 0.384 e. The first-order valence-electron chi connectivity index (χ1n) is 6.89. The van der Waals surface area contributed by atoms with Crippen molar-refractivity contribution in [2.24, 2.45) is 0 Å². The highest BCUT2D eigenvalue weighted by Crippen LogP contribution is 2.14. The summed E-state index contributed by atoms with van der Waals surface area (Å²) in [5.41, 5.74) is 1.56. The van der Waals surface area contributed by atoms with E-state index in [2.05, 4.69) is 22.7 Å². The molecule has 0 aliphatic heterocycles. The number of hydrogen-bond acceptors (Lipinski definition) is 3. The molecule has 2 aromatic rings. The third kappa shape index (κ3) is 3.85. The Morgan fingerprint density at radius 2 is 2.10 bits per heavy atom. The molecule has 0 saturated heterocycles. The average molecular weight is 272 g/mol. The second-order valence-corrected chi connectivity index (χ2v) is 4.50. The molecular weight excluding hydrogens is 252 g/mol. The molecule has 0 spiro atoms. The molecule has 2 N–H and O–H groups in total. The third-order valence-corrected chi connectivity index (χ3v) is 2.92. The Morgan fingerprint density at radius 1 is 1.25 bits per heavy atom. The topological polar surface area (TPSA) is 59.0 Å². The number of benzene rings is 1. The highest BCUT2D eigenvalue weighted by molar-refractivity contribution is 5.99. The van der Waals surface area contributed by atoms with Crippen molar-refractivity contribution in [1.29, 1.82) is 0 Å². The average Bonchev–Trinajstić information content (AvgIpc) is 2.98. The highest BCUT2D eigenvalue weighted by Gasteiger charge is 2.09. The van der Waals surface area contributed by atoms with Crippen molar-refractivity contribution in [2.75, 3.05) is 18.4 Å². The fourth-order valence-electron chi connectivity index (χ4n) is 1.91. The number of carbonyl (C=O) groups excluding carboxylic acids is 1. The van der Waals surface area contributed by atoms with Gasteiger partial charge in [0.1, 0.15) is 0 Å². The van der Waals surface area contributed by atoms with E-state index in [-0.39, 0.29) is 5.91 Å². The lowest BCUT2D eigenvalue weighted by Crippen LogP contribution is -2.28. The van der Waals surface area contributed by atoms with Gasteiger partial charge in [0.15, 0.2) is 0 Å². The Morgan fingerprint density at radius 3 is 2.85 bits per heavy atom. The fourth-order valence-corrected chi connectivity index (χ4v) is 1.91. The second kappa shape index (κ2) is 7.33. The summed E-state index contributed by atoms with van der Waals surface area (Å²) < 4.78 is 1.79. The zero-order valence-electron chi connectivity index (χ0n) is 11.7. The molecule has 1 aromatic carbocycles. The molecule has 0 atom stereocenters. The normalized spacial score (nSPS) is 10.2. The number of aromatic nitrogens is 2. The maximum Gasteiger partial charge on any atom is 0.253 e. The maximum absolute atomic E-state index is 12.2. The van der Waals surface area contributed by atoms with Gasteiger partial charge in [0.05, 0.1) is 12.1 Å². The van der Waals surface area contributed by atoms with E-state index in [0.717, 1.165) is 18.7 Å². The van der Waals surface area contributed by atoms with Gasteiger partial charge in [0.25, 0.3) is 5.91 Å². The highest BCUT2D eigenvalue weighted by atomic mass is 16.1. The first kappa shape index (κ1) is 14.1. The number of nitrogens with one attached hydrogen (secondary N) is 2. The lowest BCUT2D eigenvalue weighted by Gasteiger charge is -2.11. The van der Waals surface area contributed by atoms with Crippen LogP contribution in [0.2, 0.25) is 0 Å². The van der Waals surface area contributed by atoms with Gasteiger partial charge in [-0.15, -0.1) is 0 Å². The Labute approximate surface area is 119 Å². The van der Waals surface area contributed by atoms with Crippen LogP contribution in [0, 0.1) is 0 Å². The molecule has 2 rings (SSSR count). The van der Waals surface area contributed by atoms with E-state index in [1.54, 1.807) is 10.9 Å². The molecule has 1 aromatic heterocycles. The van der Waals surface area contributed by atoms with Crippen molar-refractivity contribution in [2.45, 2.75) is 19.9 Å². The quantitative estimate of drug-likeness (QED) is 0.812. The molecule has 1 amide bonds. The van der Waals surface area contributed by atoms with Gasteiger partial charge in [-0.1, -0.05) is 19.1 Å². The van der Waals surface area contributed by atoms with E-state index in [9.17, 15) is 4.79 Å². The number of amides is 1. The van der Waals surface area contributed by atoms with Crippen LogP contribution in [0.5, 0.6) is 0 Å². The van der Waals surface area contributed by atoms with Crippen LogP contribution in [0.3, 0.4) is 0 Å². The number of rotatable bonds is 7. The summed E-state index contributed by atoms with van der Waals surface area (Å²) in [6.45, 7) is 4.18. The molecule has 0 unspecified atom stereocenters. The smallest absolute Gasteiger partial charge is 0.253 e. The number of nitrogens with zero attached hydrogens (tertiary/aromatic N) is 2. The molecule has 0 aliphatic rings. The van der Waals surface area contributed by atoms with E-state index in [1.165, 1.54) is 0 Å². The summed E-state index contributed by atoms with van der Waals surface area (Å²) in [6, 6.07) is 9.43. The van der Waals surface area contributed by atoms with Crippen molar-refractivity contribution in [3.8, 4) is 0 Å². The lowest BCUT2D eigenvalue weighted by atomic mass is 10.1. The zero-order valence-corrected chi connectivity index (χ0v) is 11.7. The molecule has 0 aliphatic carbocycles. The van der Waals surface area contributed by atoms with Gasteiger partial charge in [0.2, 0.25) is 0 Å². The third-order valence-electron chi connectivity index (χ3n) is 2.92. The van der Waals surface area contributed by atoms with Gasteiger partial charge < -0.3 is 10.6 Å². The van der Waals surface area contributed by atoms with Crippen molar-refractivity contribution in [3.63, 3.8) is 0 Å². The van der Waals surface area contributed by atoms with Crippen LogP contribution in [0.25, 0.3) is 0 Å². The van der Waals surface area contributed by atoms with Crippen LogP contribution in [-0.2, 0) is 6.54 Å². The minimum Gasteiger partial charge on any atom is -0.384 e. The predicted octanol–water partition coefficient (Wildman–Crippen LogP) is 2.13. The van der Waals surface area contributed by atoms with Crippen molar-refractivity contribution in [1.82, 2.24) is 15.1 Å². The first-order chi connectivity index (χ1) is 9.81. The van der Waals surface area contributed by atoms with Gasteiger partial charge in [0, 0.05) is 31.2 Å². The number of para-hydroxylation sites is 1. The molecule has 5 heteroatoms. The monoisotopic (exact) mass is 272 g/mol. The molecule has 0 fully saturated rings. The number of hydrogen-bond donors (Lipinski definition) is 2. The molecule has 1 heterocycles.